The van der Waals surface area contributed by atoms with Crippen LogP contribution < -0.4 is 5.32 Å². The highest BCUT2D eigenvalue weighted by Gasteiger charge is 2.05. The number of nitrogens with zero attached hydrogens (tertiary/aromatic N) is 2. The van der Waals surface area contributed by atoms with Crippen LogP contribution in [0.25, 0.3) is 0 Å². The number of methoxy groups -OCH3 is 1. The number of nitrogens with one attached hydrogen (secondary N) is 1. The van der Waals surface area contributed by atoms with Crippen molar-refractivity contribution >= 4 is 17.3 Å². The monoisotopic (exact) mass is 251 g/mol. The molecule has 0 spiro atoms. The topological polar surface area (TPSA) is 39.1 Å². The standard InChI is InChI=1S/C12H17N3OS/c1-10-3-8-17-11(10)9-15-6-4-13-12(15)14-5-7-16-2/h3-4,6,8H,5,7,9H2,1-2H3,(H,13,14). The maximum atomic E-state index is 5.01. The summed E-state index contributed by atoms with van der Waals surface area (Å²) in [5.74, 6) is 0.898. The first-order chi connectivity index (χ1) is 8.31. The maximum Gasteiger partial charge on any atom is 0.203 e. The number of ether oxygens (including phenoxy) is 1. The SMILES string of the molecule is COCCNc1nccn1Cc1sccc1C. The van der Waals surface area contributed by atoms with Gasteiger partial charge in [-0.05, 0) is 23.9 Å². The molecule has 0 saturated carbocycles. The molecule has 4 nitrogen and oxygen atoms in total. The normalized spacial score (nSPS) is 10.7. The van der Waals surface area contributed by atoms with Gasteiger partial charge in [0.2, 0.25) is 5.95 Å². The Labute approximate surface area is 105 Å². The average molecular weight is 251 g/mol. The fourth-order valence-corrected chi connectivity index (χ4v) is 2.49. The minimum atomic E-state index is 0.685. The molecule has 0 unspecified atom stereocenters. The molecule has 0 aromatic carbocycles. The lowest BCUT2D eigenvalue weighted by atomic mass is 10.3. The van der Waals surface area contributed by atoms with Crippen molar-refractivity contribution in [3.8, 4) is 0 Å². The van der Waals surface area contributed by atoms with Crippen molar-refractivity contribution in [3.05, 3.63) is 34.3 Å². The molecular weight excluding hydrogens is 234 g/mol. The summed E-state index contributed by atoms with van der Waals surface area (Å²) in [5, 5.41) is 5.38. The van der Waals surface area contributed by atoms with E-state index in [-0.39, 0.29) is 0 Å². The Bertz CT molecular complexity index is 464. The van der Waals surface area contributed by atoms with E-state index in [4.69, 9.17) is 4.74 Å². The number of anilines is 1. The number of hydrogen-bond donors (Lipinski definition) is 1. The molecule has 2 aromatic heterocycles. The summed E-state index contributed by atoms with van der Waals surface area (Å²) >= 11 is 1.78. The Hall–Kier alpha value is -1.33. The molecule has 0 fully saturated rings. The first-order valence-electron chi connectivity index (χ1n) is 5.58. The molecular formula is C12H17N3OS. The Kier molecular flexibility index (Phi) is 4.17. The molecule has 5 heteroatoms. The minimum absolute atomic E-state index is 0.685. The van der Waals surface area contributed by atoms with Gasteiger partial charge < -0.3 is 14.6 Å². The highest BCUT2D eigenvalue weighted by atomic mass is 32.1. The molecule has 1 N–H and O–H groups in total. The van der Waals surface area contributed by atoms with Gasteiger partial charge in [0.15, 0.2) is 0 Å². The van der Waals surface area contributed by atoms with E-state index in [1.54, 1.807) is 18.4 Å². The van der Waals surface area contributed by atoms with Gasteiger partial charge in [-0.15, -0.1) is 11.3 Å². The number of aryl methyl sites for hydroxylation is 1. The summed E-state index contributed by atoms with van der Waals surface area (Å²) in [6.07, 6.45) is 3.81. The second-order valence-electron chi connectivity index (χ2n) is 3.83. The van der Waals surface area contributed by atoms with E-state index in [0.29, 0.717) is 6.61 Å². The van der Waals surface area contributed by atoms with Crippen molar-refractivity contribution in [2.24, 2.45) is 0 Å². The lowest BCUT2D eigenvalue weighted by molar-refractivity contribution is 0.210. The fourth-order valence-electron chi connectivity index (χ4n) is 1.59. The zero-order valence-corrected chi connectivity index (χ0v) is 11.0. The van der Waals surface area contributed by atoms with Crippen LogP contribution in [-0.2, 0) is 11.3 Å². The zero-order chi connectivity index (χ0) is 12.1. The van der Waals surface area contributed by atoms with Gasteiger partial charge in [0.25, 0.3) is 0 Å². The van der Waals surface area contributed by atoms with Crippen LogP contribution in [0.3, 0.4) is 0 Å². The van der Waals surface area contributed by atoms with Crippen molar-refractivity contribution in [2.45, 2.75) is 13.5 Å². The van der Waals surface area contributed by atoms with Gasteiger partial charge >= 0.3 is 0 Å². The first-order valence-corrected chi connectivity index (χ1v) is 6.46. The molecule has 0 saturated heterocycles. The number of rotatable bonds is 6. The fraction of sp³-hybridized carbons (Fsp3) is 0.417. The third kappa shape index (κ3) is 3.08. The Morgan fingerprint density at radius 1 is 1.53 bits per heavy atom. The van der Waals surface area contributed by atoms with Crippen LogP contribution in [0.2, 0.25) is 0 Å². The van der Waals surface area contributed by atoms with Crippen LogP contribution in [0.4, 0.5) is 5.95 Å². The zero-order valence-electron chi connectivity index (χ0n) is 10.1. The van der Waals surface area contributed by atoms with E-state index >= 15 is 0 Å². The van der Waals surface area contributed by atoms with E-state index < -0.39 is 0 Å². The Morgan fingerprint density at radius 3 is 3.12 bits per heavy atom. The first kappa shape index (κ1) is 12.1. The summed E-state index contributed by atoms with van der Waals surface area (Å²) in [6.45, 7) is 4.47. The summed E-state index contributed by atoms with van der Waals surface area (Å²) in [6, 6.07) is 2.15. The second kappa shape index (κ2) is 5.84. The highest BCUT2D eigenvalue weighted by Crippen LogP contribution is 2.18. The van der Waals surface area contributed by atoms with Crippen LogP contribution in [0.1, 0.15) is 10.4 Å². The molecule has 0 aliphatic rings. The maximum absolute atomic E-state index is 5.01. The molecule has 0 bridgehead atoms. The van der Waals surface area contributed by atoms with E-state index in [1.165, 1.54) is 10.4 Å². The third-order valence-electron chi connectivity index (χ3n) is 2.59. The largest absolute Gasteiger partial charge is 0.383 e. The molecule has 2 aromatic rings. The van der Waals surface area contributed by atoms with Gasteiger partial charge in [-0.25, -0.2) is 4.98 Å². The molecule has 0 aliphatic carbocycles. The quantitative estimate of drug-likeness (QED) is 0.801. The number of thiophene rings is 1. The van der Waals surface area contributed by atoms with Crippen LogP contribution in [0.5, 0.6) is 0 Å². The summed E-state index contributed by atoms with van der Waals surface area (Å²) in [7, 11) is 1.70. The van der Waals surface area contributed by atoms with Crippen molar-refractivity contribution in [1.82, 2.24) is 9.55 Å². The van der Waals surface area contributed by atoms with E-state index in [1.807, 2.05) is 12.4 Å². The molecule has 0 aliphatic heterocycles. The average Bonchev–Trinajstić information content (AvgIpc) is 2.91. The summed E-state index contributed by atoms with van der Waals surface area (Å²) in [4.78, 5) is 5.67. The number of aromatic nitrogens is 2. The van der Waals surface area contributed by atoms with Gasteiger partial charge in [-0.1, -0.05) is 0 Å². The lowest BCUT2D eigenvalue weighted by Gasteiger charge is -2.09. The summed E-state index contributed by atoms with van der Waals surface area (Å²) < 4.78 is 7.13. The number of imidazole rings is 1. The molecule has 92 valence electrons. The van der Waals surface area contributed by atoms with Gasteiger partial charge in [0, 0.05) is 30.9 Å². The van der Waals surface area contributed by atoms with E-state index in [0.717, 1.165) is 19.0 Å². The molecule has 17 heavy (non-hydrogen) atoms. The van der Waals surface area contributed by atoms with E-state index in [2.05, 4.69) is 33.2 Å². The third-order valence-corrected chi connectivity index (χ3v) is 3.59. The van der Waals surface area contributed by atoms with E-state index in [9.17, 15) is 0 Å². The predicted octanol–water partition coefficient (Wildman–Crippen LogP) is 2.36. The highest BCUT2D eigenvalue weighted by molar-refractivity contribution is 7.10. The van der Waals surface area contributed by atoms with Crippen LogP contribution in [0.15, 0.2) is 23.8 Å². The molecule has 0 amide bonds. The molecule has 0 radical (unpaired) electrons. The van der Waals surface area contributed by atoms with Gasteiger partial charge in [0.1, 0.15) is 0 Å². The summed E-state index contributed by atoms with van der Waals surface area (Å²) in [5.41, 5.74) is 1.34. The Balaban J connectivity index is 2.01. The molecule has 0 atom stereocenters. The van der Waals surface area contributed by atoms with Crippen LogP contribution in [0, 0.1) is 6.92 Å². The second-order valence-corrected chi connectivity index (χ2v) is 4.83. The smallest absolute Gasteiger partial charge is 0.203 e. The van der Waals surface area contributed by atoms with Crippen molar-refractivity contribution in [1.29, 1.82) is 0 Å². The van der Waals surface area contributed by atoms with Crippen molar-refractivity contribution in [2.75, 3.05) is 25.6 Å². The van der Waals surface area contributed by atoms with Crippen molar-refractivity contribution < 1.29 is 4.74 Å². The lowest BCUT2D eigenvalue weighted by Crippen LogP contribution is -2.12. The predicted molar refractivity (Wildman–Crippen MR) is 70.8 cm³/mol. The van der Waals surface area contributed by atoms with Gasteiger partial charge in [0.05, 0.1) is 13.2 Å². The van der Waals surface area contributed by atoms with Crippen molar-refractivity contribution in [3.63, 3.8) is 0 Å². The molecule has 2 rings (SSSR count). The molecule has 2 heterocycles. The van der Waals surface area contributed by atoms with Gasteiger partial charge in [-0.3, -0.25) is 0 Å². The van der Waals surface area contributed by atoms with Gasteiger partial charge in [-0.2, -0.15) is 0 Å². The minimum Gasteiger partial charge on any atom is -0.383 e. The van der Waals surface area contributed by atoms with Crippen LogP contribution in [-0.4, -0.2) is 29.8 Å². The Morgan fingerprint density at radius 2 is 2.41 bits per heavy atom. The van der Waals surface area contributed by atoms with Crippen LogP contribution >= 0.6 is 11.3 Å². The number of hydrogen-bond acceptors (Lipinski definition) is 4.